The second-order valence-corrected chi connectivity index (χ2v) is 4.42. The fraction of sp³-hybridized carbons (Fsp3) is 0.500. The van der Waals surface area contributed by atoms with E-state index in [1.807, 2.05) is 0 Å². The van der Waals surface area contributed by atoms with Crippen LogP contribution in [0.2, 0.25) is 0 Å². The molecule has 2 heterocycles. The fourth-order valence-corrected chi connectivity index (χ4v) is 2.30. The van der Waals surface area contributed by atoms with Gasteiger partial charge in [-0.2, -0.15) is 21.5 Å². The normalized spacial score (nSPS) is 13.8. The zero-order valence-corrected chi connectivity index (χ0v) is 9.54. The maximum absolute atomic E-state index is 5.58. The van der Waals surface area contributed by atoms with Crippen molar-refractivity contribution in [1.29, 1.82) is 0 Å². The Kier molecular flexibility index (Phi) is 2.64. The molecule has 1 aromatic heterocycles. The Labute approximate surface area is 92.2 Å². The Morgan fingerprint density at radius 2 is 2.57 bits per heavy atom. The summed E-state index contributed by atoms with van der Waals surface area (Å²) >= 11 is 6.69. The molecular formula is C8H12N4S2. The number of nitrogens with zero attached hydrogens (tertiary/aromatic N) is 2. The van der Waals surface area contributed by atoms with Crippen LogP contribution in [0.5, 0.6) is 0 Å². The Bertz CT molecular complexity index is 372. The molecule has 76 valence electrons. The van der Waals surface area contributed by atoms with Crippen LogP contribution in [0, 0.1) is 0 Å². The summed E-state index contributed by atoms with van der Waals surface area (Å²) in [4.78, 5) is 0. The topological polar surface area (TPSA) is 55.9 Å². The first-order valence-corrected chi connectivity index (χ1v) is 6.17. The van der Waals surface area contributed by atoms with Gasteiger partial charge in [-0.3, -0.25) is 0 Å². The Balaban J connectivity index is 2.44. The lowest BCUT2D eigenvalue weighted by Crippen LogP contribution is -2.22. The van der Waals surface area contributed by atoms with E-state index in [1.165, 1.54) is 5.56 Å². The fourth-order valence-electron chi connectivity index (χ4n) is 1.66. The van der Waals surface area contributed by atoms with Gasteiger partial charge in [-0.05, 0) is 24.9 Å². The molecule has 3 N–H and O–H groups in total. The summed E-state index contributed by atoms with van der Waals surface area (Å²) in [5.74, 6) is 1.90. The third-order valence-electron chi connectivity index (χ3n) is 2.22. The third-order valence-corrected chi connectivity index (χ3v) is 2.96. The van der Waals surface area contributed by atoms with E-state index in [0.29, 0.717) is 5.11 Å². The minimum Gasteiger partial charge on any atom is -0.374 e. The number of nitrogens with two attached hydrogens (primary N) is 1. The van der Waals surface area contributed by atoms with Gasteiger partial charge < -0.3 is 11.1 Å². The average molecular weight is 228 g/mol. The molecule has 14 heavy (non-hydrogen) atoms. The van der Waals surface area contributed by atoms with E-state index in [1.54, 1.807) is 16.4 Å². The molecule has 0 fully saturated rings. The van der Waals surface area contributed by atoms with Crippen molar-refractivity contribution in [1.82, 2.24) is 9.78 Å². The predicted octanol–water partition coefficient (Wildman–Crippen LogP) is 0.806. The van der Waals surface area contributed by atoms with Gasteiger partial charge in [-0.25, -0.2) is 0 Å². The van der Waals surface area contributed by atoms with Gasteiger partial charge in [0, 0.05) is 17.9 Å². The largest absolute Gasteiger partial charge is 0.374 e. The summed E-state index contributed by atoms with van der Waals surface area (Å²) in [6.07, 6.45) is 3.09. The molecule has 0 atom stereocenters. The van der Waals surface area contributed by atoms with Crippen molar-refractivity contribution in [3.8, 4) is 0 Å². The van der Waals surface area contributed by atoms with Crippen molar-refractivity contribution in [2.24, 2.45) is 5.73 Å². The molecule has 0 saturated carbocycles. The number of aromatic nitrogens is 2. The van der Waals surface area contributed by atoms with Gasteiger partial charge in [-0.1, -0.05) is 0 Å². The number of hydrogen-bond donors (Lipinski definition) is 2. The first-order valence-electron chi connectivity index (χ1n) is 4.37. The summed E-state index contributed by atoms with van der Waals surface area (Å²) in [6.45, 7) is 0.956. The molecule has 4 nitrogen and oxygen atoms in total. The van der Waals surface area contributed by atoms with Gasteiger partial charge in [0.25, 0.3) is 0 Å². The standard InChI is InChI=1S/C8H12N4S2/c1-14-4-6-5-2-3-10-7(5)12(11-6)8(9)13/h10H,2-4H2,1H3,(H2,9,13). The Morgan fingerprint density at radius 3 is 3.21 bits per heavy atom. The van der Waals surface area contributed by atoms with Crippen LogP contribution in [0.4, 0.5) is 5.82 Å². The number of thioether (sulfide) groups is 1. The van der Waals surface area contributed by atoms with Gasteiger partial charge in [0.05, 0.1) is 5.69 Å². The lowest BCUT2D eigenvalue weighted by atomic mass is 10.2. The Hall–Kier alpha value is -0.750. The molecule has 0 unspecified atom stereocenters. The highest BCUT2D eigenvalue weighted by atomic mass is 32.2. The summed E-state index contributed by atoms with van der Waals surface area (Å²) in [6, 6.07) is 0. The van der Waals surface area contributed by atoms with Crippen LogP contribution in [-0.4, -0.2) is 27.7 Å². The average Bonchev–Trinajstić information content (AvgIpc) is 2.67. The molecule has 0 saturated heterocycles. The molecule has 6 heteroatoms. The molecule has 0 spiro atoms. The summed E-state index contributed by atoms with van der Waals surface area (Å²) in [5, 5.41) is 7.95. The van der Waals surface area contributed by atoms with Crippen LogP contribution in [-0.2, 0) is 12.2 Å². The summed E-state index contributed by atoms with van der Waals surface area (Å²) < 4.78 is 1.63. The van der Waals surface area contributed by atoms with Crippen molar-refractivity contribution in [3.63, 3.8) is 0 Å². The van der Waals surface area contributed by atoms with Crippen molar-refractivity contribution in [3.05, 3.63) is 11.3 Å². The van der Waals surface area contributed by atoms with Crippen LogP contribution in [0.25, 0.3) is 0 Å². The zero-order chi connectivity index (χ0) is 10.1. The van der Waals surface area contributed by atoms with E-state index in [0.717, 1.165) is 30.2 Å². The molecule has 1 aliphatic heterocycles. The monoisotopic (exact) mass is 228 g/mol. The van der Waals surface area contributed by atoms with E-state index in [9.17, 15) is 0 Å². The number of thiocarbonyl (C=S) groups is 1. The molecule has 2 rings (SSSR count). The van der Waals surface area contributed by atoms with Crippen molar-refractivity contribution in [2.45, 2.75) is 12.2 Å². The summed E-state index contributed by atoms with van der Waals surface area (Å²) in [5.41, 5.74) is 7.95. The van der Waals surface area contributed by atoms with Gasteiger partial charge in [0.1, 0.15) is 5.82 Å². The highest BCUT2D eigenvalue weighted by Gasteiger charge is 2.22. The molecule has 0 amide bonds. The van der Waals surface area contributed by atoms with E-state index in [-0.39, 0.29) is 0 Å². The first kappa shape index (κ1) is 9.79. The highest BCUT2D eigenvalue weighted by Crippen LogP contribution is 2.27. The lowest BCUT2D eigenvalue weighted by molar-refractivity contribution is 0.898. The maximum Gasteiger partial charge on any atom is 0.193 e. The molecule has 0 aromatic carbocycles. The number of hydrogen-bond acceptors (Lipinski definition) is 4. The van der Waals surface area contributed by atoms with Gasteiger partial charge in [0.2, 0.25) is 0 Å². The van der Waals surface area contributed by atoms with Crippen LogP contribution in [0.15, 0.2) is 0 Å². The number of anilines is 1. The Morgan fingerprint density at radius 1 is 1.79 bits per heavy atom. The lowest BCUT2D eigenvalue weighted by Gasteiger charge is -2.01. The van der Waals surface area contributed by atoms with E-state index in [4.69, 9.17) is 18.0 Å². The maximum atomic E-state index is 5.58. The predicted molar refractivity (Wildman–Crippen MR) is 63.8 cm³/mol. The molecule has 1 aliphatic rings. The van der Waals surface area contributed by atoms with Crippen molar-refractivity contribution in [2.75, 3.05) is 18.1 Å². The van der Waals surface area contributed by atoms with Gasteiger partial charge in [0.15, 0.2) is 5.11 Å². The smallest absolute Gasteiger partial charge is 0.193 e. The molecular weight excluding hydrogens is 216 g/mol. The molecule has 0 aliphatic carbocycles. The van der Waals surface area contributed by atoms with Crippen LogP contribution < -0.4 is 11.1 Å². The quantitative estimate of drug-likeness (QED) is 0.734. The second kappa shape index (κ2) is 3.78. The number of rotatable bonds is 2. The van der Waals surface area contributed by atoms with E-state index in [2.05, 4.69) is 16.7 Å². The number of nitrogens with one attached hydrogen (secondary N) is 1. The molecule has 0 radical (unpaired) electrons. The van der Waals surface area contributed by atoms with E-state index < -0.39 is 0 Å². The van der Waals surface area contributed by atoms with E-state index >= 15 is 0 Å². The van der Waals surface area contributed by atoms with Crippen molar-refractivity contribution >= 4 is 34.9 Å². The molecule has 0 bridgehead atoms. The van der Waals surface area contributed by atoms with Crippen molar-refractivity contribution < 1.29 is 0 Å². The number of fused-ring (bicyclic) bond motifs is 1. The SMILES string of the molecule is CSCc1nn(C(N)=S)c2c1CCN2. The van der Waals surface area contributed by atoms with Crippen LogP contribution in [0.1, 0.15) is 11.3 Å². The van der Waals surface area contributed by atoms with Crippen LogP contribution in [0.3, 0.4) is 0 Å². The zero-order valence-electron chi connectivity index (χ0n) is 7.91. The van der Waals surface area contributed by atoms with Gasteiger partial charge >= 0.3 is 0 Å². The second-order valence-electron chi connectivity index (χ2n) is 3.13. The van der Waals surface area contributed by atoms with Gasteiger partial charge in [-0.15, -0.1) is 0 Å². The minimum atomic E-state index is 0.308. The van der Waals surface area contributed by atoms with Crippen LogP contribution >= 0.6 is 24.0 Å². The highest BCUT2D eigenvalue weighted by molar-refractivity contribution is 7.97. The molecule has 1 aromatic rings. The minimum absolute atomic E-state index is 0.308. The first-order chi connectivity index (χ1) is 6.74. The third kappa shape index (κ3) is 1.48. The summed E-state index contributed by atoms with van der Waals surface area (Å²) in [7, 11) is 0.